The van der Waals surface area contributed by atoms with Crippen LogP contribution in [0.1, 0.15) is 23.1 Å². The first-order valence-corrected chi connectivity index (χ1v) is 10.3. The molecule has 0 unspecified atom stereocenters. The molecule has 6 nitrogen and oxygen atoms in total. The molecule has 2 aromatic carbocycles. The zero-order valence-electron chi connectivity index (χ0n) is 15.2. The minimum absolute atomic E-state index is 0.0874. The Labute approximate surface area is 171 Å². The first-order valence-electron chi connectivity index (χ1n) is 8.54. The third-order valence-corrected chi connectivity index (χ3v) is 5.94. The van der Waals surface area contributed by atoms with E-state index in [2.05, 4.69) is 21.6 Å². The van der Waals surface area contributed by atoms with Crippen LogP contribution in [0.25, 0.3) is 0 Å². The Morgan fingerprint density at radius 3 is 2.54 bits per heavy atom. The van der Waals surface area contributed by atoms with E-state index in [1.54, 1.807) is 31.0 Å². The molecule has 0 bridgehead atoms. The highest BCUT2D eigenvalue weighted by Crippen LogP contribution is 2.28. The molecule has 3 rings (SSSR count). The number of anilines is 1. The summed E-state index contributed by atoms with van der Waals surface area (Å²) in [7, 11) is 1.63. The third kappa shape index (κ3) is 5.81. The van der Waals surface area contributed by atoms with E-state index in [4.69, 9.17) is 10.00 Å². The standard InChI is InChI=1S/C20H18N4O2S2/c1-26-17-9-6-14(7-10-17)8-11-18(25)22-19-23-24-20(28-19)27-13-16-4-2-15(12-21)3-5-16/h2-7,9-10H,8,11,13H2,1H3,(H,22,23,25). The predicted octanol–water partition coefficient (Wildman–Crippen LogP) is 4.28. The topological polar surface area (TPSA) is 87.9 Å². The van der Waals surface area contributed by atoms with E-state index in [-0.39, 0.29) is 5.91 Å². The van der Waals surface area contributed by atoms with E-state index in [0.29, 0.717) is 23.5 Å². The van der Waals surface area contributed by atoms with Gasteiger partial charge in [0.2, 0.25) is 11.0 Å². The lowest BCUT2D eigenvalue weighted by Crippen LogP contribution is -2.12. The Bertz CT molecular complexity index is 963. The quantitative estimate of drug-likeness (QED) is 0.440. The number of carbonyl (C=O) groups excluding carboxylic acids is 1. The molecule has 0 saturated carbocycles. The number of benzene rings is 2. The van der Waals surface area contributed by atoms with E-state index >= 15 is 0 Å². The van der Waals surface area contributed by atoms with E-state index in [1.807, 2.05) is 36.4 Å². The molecule has 0 spiro atoms. The molecule has 0 fully saturated rings. The Morgan fingerprint density at radius 2 is 1.86 bits per heavy atom. The summed E-state index contributed by atoms with van der Waals surface area (Å²) in [6.07, 6.45) is 1.02. The van der Waals surface area contributed by atoms with E-state index < -0.39 is 0 Å². The summed E-state index contributed by atoms with van der Waals surface area (Å²) in [5.74, 6) is 1.44. The van der Waals surface area contributed by atoms with Gasteiger partial charge in [-0.2, -0.15) is 5.26 Å². The number of carbonyl (C=O) groups is 1. The maximum absolute atomic E-state index is 12.1. The van der Waals surface area contributed by atoms with Crippen molar-refractivity contribution in [3.8, 4) is 11.8 Å². The number of hydrogen-bond acceptors (Lipinski definition) is 7. The summed E-state index contributed by atoms with van der Waals surface area (Å²) < 4.78 is 5.91. The summed E-state index contributed by atoms with van der Waals surface area (Å²) in [6, 6.07) is 17.2. The second-order valence-corrected chi connectivity index (χ2v) is 8.07. The highest BCUT2D eigenvalue weighted by Gasteiger charge is 2.09. The fourth-order valence-electron chi connectivity index (χ4n) is 2.37. The average molecular weight is 411 g/mol. The zero-order chi connectivity index (χ0) is 19.8. The van der Waals surface area contributed by atoms with Gasteiger partial charge in [0.05, 0.1) is 18.7 Å². The van der Waals surface area contributed by atoms with E-state index in [1.165, 1.54) is 11.3 Å². The van der Waals surface area contributed by atoms with Gasteiger partial charge in [-0.25, -0.2) is 0 Å². The smallest absolute Gasteiger partial charge is 0.226 e. The van der Waals surface area contributed by atoms with Gasteiger partial charge in [0, 0.05) is 12.2 Å². The molecule has 0 aliphatic rings. The minimum atomic E-state index is -0.0874. The third-order valence-electron chi connectivity index (χ3n) is 3.90. The summed E-state index contributed by atoms with van der Waals surface area (Å²) in [6.45, 7) is 0. The van der Waals surface area contributed by atoms with Gasteiger partial charge in [-0.15, -0.1) is 10.2 Å². The van der Waals surface area contributed by atoms with Crippen LogP contribution in [-0.4, -0.2) is 23.2 Å². The number of aryl methyl sites for hydroxylation is 1. The highest BCUT2D eigenvalue weighted by molar-refractivity contribution is 8.00. The molecule has 0 radical (unpaired) electrons. The fourth-order valence-corrected chi connectivity index (χ4v) is 4.10. The van der Waals surface area contributed by atoms with Crippen LogP contribution in [0.3, 0.4) is 0 Å². The lowest BCUT2D eigenvalue weighted by Gasteiger charge is -2.03. The van der Waals surface area contributed by atoms with Crippen LogP contribution in [-0.2, 0) is 17.0 Å². The van der Waals surface area contributed by atoms with Crippen molar-refractivity contribution in [2.45, 2.75) is 22.9 Å². The lowest BCUT2D eigenvalue weighted by atomic mass is 10.1. The molecule has 1 heterocycles. The number of nitriles is 1. The van der Waals surface area contributed by atoms with Crippen molar-refractivity contribution in [3.63, 3.8) is 0 Å². The number of nitrogens with one attached hydrogen (secondary N) is 1. The van der Waals surface area contributed by atoms with Gasteiger partial charge >= 0.3 is 0 Å². The Balaban J connectivity index is 1.45. The highest BCUT2D eigenvalue weighted by atomic mass is 32.2. The van der Waals surface area contributed by atoms with E-state index in [0.717, 1.165) is 27.0 Å². The van der Waals surface area contributed by atoms with Crippen LogP contribution in [0.4, 0.5) is 5.13 Å². The van der Waals surface area contributed by atoms with Crippen LogP contribution in [0.2, 0.25) is 0 Å². The molecule has 1 amide bonds. The molecule has 1 aromatic heterocycles. The normalized spacial score (nSPS) is 10.3. The molecule has 142 valence electrons. The van der Waals surface area contributed by atoms with Gasteiger partial charge in [-0.3, -0.25) is 4.79 Å². The largest absolute Gasteiger partial charge is 0.497 e. The van der Waals surface area contributed by atoms with Crippen LogP contribution in [0, 0.1) is 11.3 Å². The van der Waals surface area contributed by atoms with Crippen LogP contribution in [0.5, 0.6) is 5.75 Å². The van der Waals surface area contributed by atoms with Crippen molar-refractivity contribution < 1.29 is 9.53 Å². The van der Waals surface area contributed by atoms with Gasteiger partial charge < -0.3 is 10.1 Å². The Hall–Kier alpha value is -2.89. The first kappa shape index (κ1) is 19.9. The number of amides is 1. The van der Waals surface area contributed by atoms with Gasteiger partial charge in [0.15, 0.2) is 4.34 Å². The first-order chi connectivity index (χ1) is 13.7. The van der Waals surface area contributed by atoms with Gasteiger partial charge in [-0.1, -0.05) is 47.4 Å². The van der Waals surface area contributed by atoms with Crippen molar-refractivity contribution in [2.24, 2.45) is 0 Å². The Kier molecular flexibility index (Phi) is 7.00. The van der Waals surface area contributed by atoms with Crippen molar-refractivity contribution in [1.29, 1.82) is 5.26 Å². The summed E-state index contributed by atoms with van der Waals surface area (Å²) in [5.41, 5.74) is 2.82. The number of rotatable bonds is 8. The number of nitrogens with zero attached hydrogens (tertiary/aromatic N) is 3. The van der Waals surface area contributed by atoms with Crippen molar-refractivity contribution in [1.82, 2.24) is 10.2 Å². The second-order valence-electron chi connectivity index (χ2n) is 5.87. The zero-order valence-corrected chi connectivity index (χ0v) is 16.8. The lowest BCUT2D eigenvalue weighted by molar-refractivity contribution is -0.116. The van der Waals surface area contributed by atoms with Crippen LogP contribution < -0.4 is 10.1 Å². The van der Waals surface area contributed by atoms with Gasteiger partial charge in [-0.05, 0) is 41.8 Å². The molecule has 0 aliphatic carbocycles. The number of aromatic nitrogens is 2. The molecule has 3 aromatic rings. The van der Waals surface area contributed by atoms with Crippen molar-refractivity contribution >= 4 is 34.1 Å². The maximum atomic E-state index is 12.1. The number of thioether (sulfide) groups is 1. The van der Waals surface area contributed by atoms with Crippen molar-refractivity contribution in [2.75, 3.05) is 12.4 Å². The molecule has 0 atom stereocenters. The summed E-state index contributed by atoms with van der Waals surface area (Å²) in [5, 5.41) is 20.3. The number of hydrogen-bond donors (Lipinski definition) is 1. The van der Waals surface area contributed by atoms with Crippen molar-refractivity contribution in [3.05, 3.63) is 65.2 Å². The van der Waals surface area contributed by atoms with Gasteiger partial charge in [0.25, 0.3) is 0 Å². The minimum Gasteiger partial charge on any atom is -0.497 e. The maximum Gasteiger partial charge on any atom is 0.226 e. The molecule has 0 aliphatic heterocycles. The fraction of sp³-hybridized carbons (Fsp3) is 0.200. The van der Waals surface area contributed by atoms with Crippen LogP contribution >= 0.6 is 23.1 Å². The second kappa shape index (κ2) is 9.88. The van der Waals surface area contributed by atoms with Gasteiger partial charge in [0.1, 0.15) is 5.75 Å². The molecular formula is C20H18N4O2S2. The van der Waals surface area contributed by atoms with Crippen LogP contribution in [0.15, 0.2) is 52.9 Å². The molecule has 28 heavy (non-hydrogen) atoms. The SMILES string of the molecule is COc1ccc(CCC(=O)Nc2nnc(SCc3ccc(C#N)cc3)s2)cc1. The number of methoxy groups -OCH3 is 1. The molecule has 8 heteroatoms. The molecule has 1 N–H and O–H groups in total. The summed E-state index contributed by atoms with van der Waals surface area (Å²) >= 11 is 2.90. The monoisotopic (exact) mass is 410 g/mol. The molecular weight excluding hydrogens is 392 g/mol. The summed E-state index contributed by atoms with van der Waals surface area (Å²) in [4.78, 5) is 12.1. The Morgan fingerprint density at radius 1 is 1.14 bits per heavy atom. The number of ether oxygens (including phenoxy) is 1. The predicted molar refractivity (Wildman–Crippen MR) is 111 cm³/mol. The molecule has 0 saturated heterocycles. The van der Waals surface area contributed by atoms with E-state index in [9.17, 15) is 4.79 Å². The average Bonchev–Trinajstić information content (AvgIpc) is 3.18.